The van der Waals surface area contributed by atoms with Crippen LogP contribution in [0.15, 0.2) is 24.3 Å². The van der Waals surface area contributed by atoms with E-state index in [1.165, 1.54) is 0 Å². The summed E-state index contributed by atoms with van der Waals surface area (Å²) in [7, 11) is 0.868. The highest BCUT2D eigenvalue weighted by Gasteiger charge is 2.74. The van der Waals surface area contributed by atoms with Crippen LogP contribution in [0.1, 0.15) is 25.8 Å². The van der Waals surface area contributed by atoms with E-state index in [2.05, 4.69) is 0 Å². The second kappa shape index (κ2) is 6.81. The molecule has 1 aromatic carbocycles. The van der Waals surface area contributed by atoms with Gasteiger partial charge in [-0.15, -0.1) is 0 Å². The van der Waals surface area contributed by atoms with Crippen LogP contribution in [0, 0.1) is 0 Å². The minimum atomic E-state index is -6.18. The predicted octanol–water partition coefficient (Wildman–Crippen LogP) is 4.70. The third-order valence-corrected chi connectivity index (χ3v) is 3.66. The maximum atomic E-state index is 14.0. The van der Waals surface area contributed by atoms with Gasteiger partial charge < -0.3 is 9.47 Å². The van der Waals surface area contributed by atoms with Crippen LogP contribution in [0.4, 0.5) is 30.7 Å². The van der Waals surface area contributed by atoms with Crippen LogP contribution < -0.4 is 4.74 Å². The second-order valence-corrected chi connectivity index (χ2v) is 5.53. The summed E-state index contributed by atoms with van der Waals surface area (Å²) in [6.45, 7) is 2.01. The van der Waals surface area contributed by atoms with Crippen molar-refractivity contribution in [1.82, 2.24) is 0 Å². The van der Waals surface area contributed by atoms with Crippen molar-refractivity contribution in [3.05, 3.63) is 29.8 Å². The molecule has 1 aromatic rings. The van der Waals surface area contributed by atoms with E-state index in [0.717, 1.165) is 45.2 Å². The summed E-state index contributed by atoms with van der Waals surface area (Å²) in [4.78, 5) is 10.8. The van der Waals surface area contributed by atoms with Crippen LogP contribution in [0.25, 0.3) is 0 Å². The molecule has 0 spiro atoms. The normalized spacial score (nSPS) is 15.6. The molecule has 0 aliphatic rings. The standard InChI is InChI=1S/C15H15F7O3/c1-9(23)25-11-6-4-10(5-7-11)12(2,24-3)8-13(16,14(17,18)19)15(20,21)22/h4-7H,8H2,1-3H3. The van der Waals surface area contributed by atoms with Crippen LogP contribution >= 0.6 is 0 Å². The molecule has 0 fully saturated rings. The lowest BCUT2D eigenvalue weighted by Crippen LogP contribution is -2.56. The first-order valence-electron chi connectivity index (χ1n) is 6.83. The molecule has 1 unspecified atom stereocenters. The maximum absolute atomic E-state index is 14.0. The Kier molecular flexibility index (Phi) is 5.78. The molecule has 0 radical (unpaired) electrons. The van der Waals surface area contributed by atoms with E-state index in [1.54, 1.807) is 0 Å². The van der Waals surface area contributed by atoms with Gasteiger partial charge in [0, 0.05) is 20.5 Å². The van der Waals surface area contributed by atoms with Crippen molar-refractivity contribution >= 4 is 5.97 Å². The summed E-state index contributed by atoms with van der Waals surface area (Å²) in [6.07, 6.45) is -14.4. The number of hydrogen-bond acceptors (Lipinski definition) is 3. The van der Waals surface area contributed by atoms with E-state index in [0.29, 0.717) is 0 Å². The molecule has 0 N–H and O–H groups in total. The number of hydrogen-bond donors (Lipinski definition) is 0. The largest absolute Gasteiger partial charge is 0.431 e. The third kappa shape index (κ3) is 4.42. The van der Waals surface area contributed by atoms with Gasteiger partial charge in [-0.3, -0.25) is 4.79 Å². The number of ether oxygens (including phenoxy) is 2. The van der Waals surface area contributed by atoms with E-state index < -0.39 is 36.0 Å². The molecule has 0 aromatic heterocycles. The number of carbonyl (C=O) groups is 1. The second-order valence-electron chi connectivity index (χ2n) is 5.53. The predicted molar refractivity (Wildman–Crippen MR) is 72.7 cm³/mol. The molecule has 0 amide bonds. The van der Waals surface area contributed by atoms with Gasteiger partial charge in [-0.05, 0) is 24.6 Å². The summed E-state index contributed by atoms with van der Waals surface area (Å²) in [6, 6.07) is 4.48. The Labute approximate surface area is 138 Å². The number of halogens is 7. The first kappa shape index (κ1) is 21.2. The van der Waals surface area contributed by atoms with Gasteiger partial charge in [0.1, 0.15) is 5.75 Å². The van der Waals surface area contributed by atoms with Crippen molar-refractivity contribution in [3.63, 3.8) is 0 Å². The van der Waals surface area contributed by atoms with Crippen molar-refractivity contribution < 1.29 is 45.0 Å². The van der Waals surface area contributed by atoms with Gasteiger partial charge >= 0.3 is 24.0 Å². The van der Waals surface area contributed by atoms with Crippen LogP contribution in [0.5, 0.6) is 5.75 Å². The van der Waals surface area contributed by atoms with Crippen LogP contribution in [0.2, 0.25) is 0 Å². The van der Waals surface area contributed by atoms with Gasteiger partial charge in [0.2, 0.25) is 0 Å². The van der Waals surface area contributed by atoms with Crippen molar-refractivity contribution in [3.8, 4) is 5.75 Å². The summed E-state index contributed by atoms with van der Waals surface area (Å²) in [5.41, 5.74) is -7.85. The van der Waals surface area contributed by atoms with Gasteiger partial charge in [0.05, 0.1) is 5.60 Å². The summed E-state index contributed by atoms with van der Waals surface area (Å²) in [5, 5.41) is 0. The van der Waals surface area contributed by atoms with Gasteiger partial charge in [-0.2, -0.15) is 26.3 Å². The Hall–Kier alpha value is -1.84. The monoisotopic (exact) mass is 376 g/mol. The maximum Gasteiger partial charge on any atom is 0.431 e. The molecule has 0 heterocycles. The van der Waals surface area contributed by atoms with Crippen molar-refractivity contribution in [1.29, 1.82) is 0 Å². The van der Waals surface area contributed by atoms with Crippen molar-refractivity contribution in [2.45, 2.75) is 43.9 Å². The average molecular weight is 376 g/mol. The van der Waals surface area contributed by atoms with Gasteiger partial charge in [-0.1, -0.05) is 12.1 Å². The number of methoxy groups -OCH3 is 1. The zero-order valence-corrected chi connectivity index (χ0v) is 13.4. The fourth-order valence-corrected chi connectivity index (χ4v) is 2.16. The summed E-state index contributed by atoms with van der Waals surface area (Å²) < 4.78 is 100. The number of carbonyl (C=O) groups excluding carboxylic acids is 1. The SMILES string of the molecule is COC(C)(CC(F)(C(F)(F)F)C(F)(F)F)c1ccc(OC(C)=O)cc1. The van der Waals surface area contributed by atoms with E-state index in [1.807, 2.05) is 0 Å². The zero-order valence-electron chi connectivity index (χ0n) is 13.4. The minimum absolute atomic E-state index is 0.0212. The zero-order chi connectivity index (χ0) is 19.7. The Balaban J connectivity index is 3.27. The van der Waals surface area contributed by atoms with Crippen molar-refractivity contribution in [2.75, 3.05) is 7.11 Å². The van der Waals surface area contributed by atoms with Gasteiger partial charge in [0.25, 0.3) is 0 Å². The highest BCUT2D eigenvalue weighted by Crippen LogP contribution is 2.52. The first-order chi connectivity index (χ1) is 11.2. The fraction of sp³-hybridized carbons (Fsp3) is 0.533. The number of alkyl halides is 7. The molecular formula is C15H15F7O3. The molecular weight excluding hydrogens is 361 g/mol. The van der Waals surface area contributed by atoms with Crippen LogP contribution in [-0.4, -0.2) is 31.1 Å². The van der Waals surface area contributed by atoms with Crippen LogP contribution in [-0.2, 0) is 15.1 Å². The molecule has 0 bridgehead atoms. The van der Waals surface area contributed by atoms with Gasteiger partial charge in [0.15, 0.2) is 0 Å². The third-order valence-electron chi connectivity index (χ3n) is 3.66. The van der Waals surface area contributed by atoms with E-state index in [-0.39, 0.29) is 11.3 Å². The molecule has 25 heavy (non-hydrogen) atoms. The number of esters is 1. The number of rotatable bonds is 5. The quantitative estimate of drug-likeness (QED) is 0.425. The lowest BCUT2D eigenvalue weighted by atomic mass is 9.83. The van der Waals surface area contributed by atoms with E-state index in [9.17, 15) is 35.5 Å². The first-order valence-corrected chi connectivity index (χ1v) is 6.83. The topological polar surface area (TPSA) is 35.5 Å². The molecule has 0 saturated heterocycles. The molecule has 0 aliphatic heterocycles. The smallest absolute Gasteiger partial charge is 0.427 e. The summed E-state index contributed by atoms with van der Waals surface area (Å²) >= 11 is 0. The lowest BCUT2D eigenvalue weighted by molar-refractivity contribution is -0.353. The Bertz CT molecular complexity index is 593. The Morgan fingerprint density at radius 3 is 1.72 bits per heavy atom. The molecule has 0 saturated carbocycles. The average Bonchev–Trinajstić information content (AvgIpc) is 2.44. The van der Waals surface area contributed by atoms with E-state index in [4.69, 9.17) is 9.47 Å². The van der Waals surface area contributed by atoms with E-state index >= 15 is 0 Å². The fourth-order valence-electron chi connectivity index (χ4n) is 2.16. The Morgan fingerprint density at radius 2 is 1.40 bits per heavy atom. The highest BCUT2D eigenvalue weighted by molar-refractivity contribution is 5.69. The molecule has 0 aliphatic carbocycles. The molecule has 10 heteroatoms. The molecule has 1 atom stereocenters. The molecule has 142 valence electrons. The Morgan fingerprint density at radius 1 is 0.960 bits per heavy atom. The molecule has 1 rings (SSSR count). The highest BCUT2D eigenvalue weighted by atomic mass is 19.4. The van der Waals surface area contributed by atoms with Crippen molar-refractivity contribution in [2.24, 2.45) is 0 Å². The minimum Gasteiger partial charge on any atom is -0.427 e. The summed E-state index contributed by atoms with van der Waals surface area (Å²) in [5.74, 6) is -0.646. The lowest BCUT2D eigenvalue weighted by Gasteiger charge is -2.38. The van der Waals surface area contributed by atoms with Crippen LogP contribution in [0.3, 0.4) is 0 Å². The number of benzene rings is 1. The molecule has 3 nitrogen and oxygen atoms in total. The van der Waals surface area contributed by atoms with Gasteiger partial charge in [-0.25, -0.2) is 4.39 Å².